The molecule has 0 radical (unpaired) electrons. The molecule has 0 aromatic carbocycles. The van der Waals surface area contributed by atoms with Gasteiger partial charge in [-0.2, -0.15) is 0 Å². The molecule has 94 valence electrons. The van der Waals surface area contributed by atoms with Crippen molar-refractivity contribution < 1.29 is 0 Å². The molecule has 3 nitrogen and oxygen atoms in total. The second-order valence-corrected chi connectivity index (χ2v) is 6.55. The van der Waals surface area contributed by atoms with Crippen LogP contribution in [-0.4, -0.2) is 23.3 Å². The summed E-state index contributed by atoms with van der Waals surface area (Å²) >= 11 is 1.85. The highest BCUT2D eigenvalue weighted by atomic mass is 32.1. The molecule has 0 amide bonds. The SMILES string of the molecule is CCCNCCc1nnc(C2CC3CC3C2)s1. The zero-order valence-corrected chi connectivity index (χ0v) is 11.3. The van der Waals surface area contributed by atoms with E-state index >= 15 is 0 Å². The Morgan fingerprint density at radius 1 is 1.18 bits per heavy atom. The minimum Gasteiger partial charge on any atom is -0.316 e. The van der Waals surface area contributed by atoms with Crippen LogP contribution in [-0.2, 0) is 6.42 Å². The molecule has 2 saturated carbocycles. The summed E-state index contributed by atoms with van der Waals surface area (Å²) in [5.41, 5.74) is 0. The van der Waals surface area contributed by atoms with Gasteiger partial charge in [-0.3, -0.25) is 0 Å². The zero-order chi connectivity index (χ0) is 11.7. The van der Waals surface area contributed by atoms with Crippen LogP contribution in [0.5, 0.6) is 0 Å². The number of fused-ring (bicyclic) bond motifs is 1. The largest absolute Gasteiger partial charge is 0.316 e. The Morgan fingerprint density at radius 2 is 2.00 bits per heavy atom. The average molecular weight is 251 g/mol. The summed E-state index contributed by atoms with van der Waals surface area (Å²) in [6.07, 6.45) is 6.49. The van der Waals surface area contributed by atoms with Gasteiger partial charge in [-0.15, -0.1) is 21.5 Å². The lowest BCUT2D eigenvalue weighted by Gasteiger charge is -2.05. The number of hydrogen-bond donors (Lipinski definition) is 1. The van der Waals surface area contributed by atoms with Gasteiger partial charge in [0.05, 0.1) is 0 Å². The molecule has 2 aliphatic rings. The van der Waals surface area contributed by atoms with Crippen molar-refractivity contribution in [3.63, 3.8) is 0 Å². The van der Waals surface area contributed by atoms with Crippen molar-refractivity contribution in [2.45, 2.75) is 44.9 Å². The fourth-order valence-electron chi connectivity index (χ4n) is 2.95. The van der Waals surface area contributed by atoms with Gasteiger partial charge >= 0.3 is 0 Å². The molecule has 0 bridgehead atoms. The van der Waals surface area contributed by atoms with Crippen molar-refractivity contribution in [1.82, 2.24) is 15.5 Å². The Hall–Kier alpha value is -0.480. The van der Waals surface area contributed by atoms with E-state index in [1.54, 1.807) is 0 Å². The molecule has 2 aliphatic carbocycles. The smallest absolute Gasteiger partial charge is 0.120 e. The standard InChI is InChI=1S/C13H21N3S/c1-2-4-14-5-3-12-15-16-13(17-12)11-7-9-6-10(9)8-11/h9-11,14H,2-8H2,1H3. The van der Waals surface area contributed by atoms with Crippen molar-refractivity contribution in [1.29, 1.82) is 0 Å². The lowest BCUT2D eigenvalue weighted by Crippen LogP contribution is -2.17. The third kappa shape index (κ3) is 2.68. The predicted octanol–water partition coefficient (Wildman–Crippen LogP) is 2.59. The molecule has 3 rings (SSSR count). The molecule has 17 heavy (non-hydrogen) atoms. The van der Waals surface area contributed by atoms with Crippen LogP contribution in [0.2, 0.25) is 0 Å². The van der Waals surface area contributed by atoms with Gasteiger partial charge in [0.2, 0.25) is 0 Å². The number of nitrogens with zero attached hydrogens (tertiary/aromatic N) is 2. The summed E-state index contributed by atoms with van der Waals surface area (Å²) in [4.78, 5) is 0. The molecule has 0 aliphatic heterocycles. The van der Waals surface area contributed by atoms with Crippen molar-refractivity contribution in [2.24, 2.45) is 11.8 Å². The average Bonchev–Trinajstić information content (AvgIpc) is 2.81. The lowest BCUT2D eigenvalue weighted by atomic mass is 10.1. The maximum atomic E-state index is 4.39. The molecule has 2 fully saturated rings. The fourth-order valence-corrected chi connectivity index (χ4v) is 3.91. The van der Waals surface area contributed by atoms with E-state index in [1.165, 1.54) is 35.7 Å². The molecule has 0 saturated heterocycles. The molecule has 1 aromatic heterocycles. The number of aromatic nitrogens is 2. The van der Waals surface area contributed by atoms with Gasteiger partial charge in [-0.05, 0) is 44.1 Å². The third-order valence-corrected chi connectivity index (χ3v) is 5.16. The third-order valence-electron chi connectivity index (χ3n) is 4.02. The molecule has 1 heterocycles. The van der Waals surface area contributed by atoms with E-state index in [0.717, 1.165) is 37.3 Å². The van der Waals surface area contributed by atoms with E-state index < -0.39 is 0 Å². The lowest BCUT2D eigenvalue weighted by molar-refractivity contribution is 0.614. The van der Waals surface area contributed by atoms with Crippen molar-refractivity contribution in [2.75, 3.05) is 13.1 Å². The van der Waals surface area contributed by atoms with E-state index in [1.807, 2.05) is 11.3 Å². The van der Waals surface area contributed by atoms with Crippen LogP contribution in [0.25, 0.3) is 0 Å². The van der Waals surface area contributed by atoms with Gasteiger partial charge in [0.1, 0.15) is 10.0 Å². The first kappa shape index (κ1) is 11.6. The second kappa shape index (κ2) is 5.02. The minimum absolute atomic E-state index is 0.744. The molecule has 1 N–H and O–H groups in total. The molecule has 2 unspecified atom stereocenters. The summed E-state index contributed by atoms with van der Waals surface area (Å²) in [5.74, 6) is 2.82. The van der Waals surface area contributed by atoms with Gasteiger partial charge in [-0.1, -0.05) is 6.92 Å². The van der Waals surface area contributed by atoms with Crippen molar-refractivity contribution >= 4 is 11.3 Å². The van der Waals surface area contributed by atoms with Crippen LogP contribution in [0.1, 0.15) is 48.5 Å². The van der Waals surface area contributed by atoms with Gasteiger partial charge in [0, 0.05) is 18.9 Å². The summed E-state index contributed by atoms with van der Waals surface area (Å²) in [6, 6.07) is 0. The van der Waals surface area contributed by atoms with E-state index in [4.69, 9.17) is 0 Å². The van der Waals surface area contributed by atoms with Crippen LogP contribution in [0.4, 0.5) is 0 Å². The Balaban J connectivity index is 1.48. The quantitative estimate of drug-likeness (QED) is 0.790. The van der Waals surface area contributed by atoms with Crippen LogP contribution < -0.4 is 5.32 Å². The topological polar surface area (TPSA) is 37.8 Å². The fraction of sp³-hybridized carbons (Fsp3) is 0.846. The molecule has 4 heteroatoms. The Labute approximate surface area is 107 Å². The Morgan fingerprint density at radius 3 is 2.76 bits per heavy atom. The van der Waals surface area contributed by atoms with E-state index in [2.05, 4.69) is 22.4 Å². The highest BCUT2D eigenvalue weighted by Gasteiger charge is 2.47. The zero-order valence-electron chi connectivity index (χ0n) is 10.5. The predicted molar refractivity (Wildman–Crippen MR) is 70.3 cm³/mol. The van der Waals surface area contributed by atoms with Gasteiger partial charge < -0.3 is 5.32 Å². The number of rotatable bonds is 6. The highest BCUT2D eigenvalue weighted by molar-refractivity contribution is 7.11. The van der Waals surface area contributed by atoms with E-state index in [-0.39, 0.29) is 0 Å². The first-order chi connectivity index (χ1) is 8.36. The summed E-state index contributed by atoms with van der Waals surface area (Å²) in [5, 5.41) is 14.7. The summed E-state index contributed by atoms with van der Waals surface area (Å²) in [7, 11) is 0. The van der Waals surface area contributed by atoms with E-state index in [9.17, 15) is 0 Å². The van der Waals surface area contributed by atoms with Crippen LogP contribution >= 0.6 is 11.3 Å². The minimum atomic E-state index is 0.744. The second-order valence-electron chi connectivity index (χ2n) is 5.46. The Kier molecular flexibility index (Phi) is 3.43. The van der Waals surface area contributed by atoms with Gasteiger partial charge in [0.25, 0.3) is 0 Å². The maximum Gasteiger partial charge on any atom is 0.120 e. The first-order valence-corrected chi connectivity index (χ1v) is 7.71. The van der Waals surface area contributed by atoms with Crippen LogP contribution in [0.15, 0.2) is 0 Å². The molecular weight excluding hydrogens is 230 g/mol. The molecule has 1 aromatic rings. The highest BCUT2D eigenvalue weighted by Crippen LogP contribution is 2.57. The van der Waals surface area contributed by atoms with Crippen molar-refractivity contribution in [3.05, 3.63) is 10.0 Å². The monoisotopic (exact) mass is 251 g/mol. The maximum absolute atomic E-state index is 4.39. The van der Waals surface area contributed by atoms with Gasteiger partial charge in [0.15, 0.2) is 0 Å². The molecular formula is C13H21N3S. The summed E-state index contributed by atoms with van der Waals surface area (Å²) < 4.78 is 0. The number of nitrogens with one attached hydrogen (secondary N) is 1. The summed E-state index contributed by atoms with van der Waals surface area (Å²) in [6.45, 7) is 4.34. The normalized spacial score (nSPS) is 30.5. The van der Waals surface area contributed by atoms with Crippen LogP contribution in [0.3, 0.4) is 0 Å². The van der Waals surface area contributed by atoms with Crippen molar-refractivity contribution in [3.8, 4) is 0 Å². The van der Waals surface area contributed by atoms with E-state index in [0.29, 0.717) is 0 Å². The molecule has 2 atom stereocenters. The number of hydrogen-bond acceptors (Lipinski definition) is 4. The molecule has 0 spiro atoms. The Bertz CT molecular complexity index is 366. The van der Waals surface area contributed by atoms with Gasteiger partial charge in [-0.25, -0.2) is 0 Å². The first-order valence-electron chi connectivity index (χ1n) is 6.89. The van der Waals surface area contributed by atoms with Crippen LogP contribution in [0, 0.1) is 11.8 Å².